The first kappa shape index (κ1) is 13.5. The Kier molecular flexibility index (Phi) is 3.84. The fourth-order valence-electron chi connectivity index (χ4n) is 1.90. The zero-order chi connectivity index (χ0) is 14.0. The summed E-state index contributed by atoms with van der Waals surface area (Å²) in [6.07, 6.45) is 0.554. The van der Waals surface area contributed by atoms with E-state index in [1.165, 1.54) is 18.4 Å². The number of rotatable bonds is 3. The highest BCUT2D eigenvalue weighted by Crippen LogP contribution is 2.29. The maximum absolute atomic E-state index is 12.2. The quantitative estimate of drug-likeness (QED) is 0.795. The third-order valence-electron chi connectivity index (χ3n) is 2.90. The summed E-state index contributed by atoms with van der Waals surface area (Å²) in [5.74, 6) is -1.12. The molecule has 102 valence electrons. The third kappa shape index (κ3) is 2.76. The number of nitrogens with one attached hydrogen (secondary N) is 2. The summed E-state index contributed by atoms with van der Waals surface area (Å²) in [5.41, 5.74) is 1.24. The summed E-state index contributed by atoms with van der Waals surface area (Å²) in [5, 5.41) is 7.17. The van der Waals surface area contributed by atoms with E-state index in [9.17, 15) is 14.4 Å². The SMILES string of the molecule is COc1scc(C)c1C(=O)NC1CCC(=O)NC1=O. The molecule has 2 heterocycles. The van der Waals surface area contributed by atoms with Gasteiger partial charge in [0.25, 0.3) is 5.91 Å². The molecular formula is C12H14N2O4S. The smallest absolute Gasteiger partial charge is 0.256 e. The van der Waals surface area contributed by atoms with Crippen LogP contribution in [0.25, 0.3) is 0 Å². The second kappa shape index (κ2) is 5.40. The lowest BCUT2D eigenvalue weighted by Gasteiger charge is -2.21. The lowest BCUT2D eigenvalue weighted by atomic mass is 10.1. The molecule has 2 N–H and O–H groups in total. The van der Waals surface area contributed by atoms with Crippen LogP contribution in [0, 0.1) is 6.92 Å². The Balaban J connectivity index is 2.11. The van der Waals surface area contributed by atoms with E-state index >= 15 is 0 Å². The molecule has 0 spiro atoms. The summed E-state index contributed by atoms with van der Waals surface area (Å²) < 4.78 is 5.12. The van der Waals surface area contributed by atoms with E-state index in [1.807, 2.05) is 5.38 Å². The van der Waals surface area contributed by atoms with Crippen LogP contribution in [0.15, 0.2) is 5.38 Å². The fraction of sp³-hybridized carbons (Fsp3) is 0.417. The summed E-state index contributed by atoms with van der Waals surface area (Å²) >= 11 is 1.33. The molecule has 0 radical (unpaired) electrons. The zero-order valence-corrected chi connectivity index (χ0v) is 11.4. The standard InChI is InChI=1S/C12H14N2O4S/c1-6-5-19-12(18-2)9(6)11(17)13-7-3-4-8(15)14-10(7)16/h5,7H,3-4H2,1-2H3,(H,13,17)(H,14,15,16). The average molecular weight is 282 g/mol. The van der Waals surface area contributed by atoms with E-state index in [0.717, 1.165) is 5.56 Å². The van der Waals surface area contributed by atoms with Crippen molar-refractivity contribution < 1.29 is 19.1 Å². The minimum Gasteiger partial charge on any atom is -0.487 e. The van der Waals surface area contributed by atoms with Crippen LogP contribution >= 0.6 is 11.3 Å². The molecule has 1 aromatic heterocycles. The largest absolute Gasteiger partial charge is 0.487 e. The Hall–Kier alpha value is -1.89. The van der Waals surface area contributed by atoms with Gasteiger partial charge in [0.05, 0.1) is 12.7 Å². The van der Waals surface area contributed by atoms with Gasteiger partial charge in [-0.25, -0.2) is 0 Å². The maximum Gasteiger partial charge on any atom is 0.256 e. The normalized spacial score (nSPS) is 18.9. The minimum absolute atomic E-state index is 0.233. The van der Waals surface area contributed by atoms with Gasteiger partial charge >= 0.3 is 0 Å². The van der Waals surface area contributed by atoms with Crippen LogP contribution in [0.2, 0.25) is 0 Å². The first-order valence-electron chi connectivity index (χ1n) is 5.79. The molecule has 1 aliphatic heterocycles. The molecule has 1 fully saturated rings. The van der Waals surface area contributed by atoms with Gasteiger partial charge in [-0.05, 0) is 24.3 Å². The van der Waals surface area contributed by atoms with Crippen molar-refractivity contribution in [2.45, 2.75) is 25.8 Å². The third-order valence-corrected chi connectivity index (χ3v) is 3.95. The summed E-state index contributed by atoms with van der Waals surface area (Å²) in [6, 6.07) is -0.672. The summed E-state index contributed by atoms with van der Waals surface area (Å²) in [4.78, 5) is 34.8. The van der Waals surface area contributed by atoms with Crippen molar-refractivity contribution in [1.82, 2.24) is 10.6 Å². The van der Waals surface area contributed by atoms with Crippen LogP contribution in [-0.2, 0) is 9.59 Å². The molecule has 1 saturated heterocycles. The number of imide groups is 1. The second-order valence-corrected chi connectivity index (χ2v) is 5.10. The van der Waals surface area contributed by atoms with Crippen molar-refractivity contribution in [3.63, 3.8) is 0 Å². The molecular weight excluding hydrogens is 268 g/mol. The fourth-order valence-corrected chi connectivity index (χ4v) is 2.77. The molecule has 3 amide bonds. The van der Waals surface area contributed by atoms with E-state index in [2.05, 4.69) is 10.6 Å². The molecule has 7 heteroatoms. The van der Waals surface area contributed by atoms with Gasteiger partial charge in [0, 0.05) is 6.42 Å². The van der Waals surface area contributed by atoms with Gasteiger partial charge in [0.2, 0.25) is 11.8 Å². The molecule has 0 saturated carbocycles. The molecule has 6 nitrogen and oxygen atoms in total. The predicted octanol–water partition coefficient (Wildman–Crippen LogP) is 0.600. The Morgan fingerprint density at radius 1 is 1.53 bits per heavy atom. The van der Waals surface area contributed by atoms with Gasteiger partial charge in [-0.2, -0.15) is 0 Å². The minimum atomic E-state index is -0.672. The van der Waals surface area contributed by atoms with Gasteiger partial charge in [0.1, 0.15) is 6.04 Å². The highest BCUT2D eigenvalue weighted by molar-refractivity contribution is 7.12. The van der Waals surface area contributed by atoms with Gasteiger partial charge in [-0.1, -0.05) is 0 Å². The van der Waals surface area contributed by atoms with Crippen molar-refractivity contribution in [2.24, 2.45) is 0 Å². The van der Waals surface area contributed by atoms with Crippen molar-refractivity contribution in [2.75, 3.05) is 7.11 Å². The molecule has 19 heavy (non-hydrogen) atoms. The number of ether oxygens (including phenoxy) is 1. The molecule has 1 aliphatic rings. The predicted molar refractivity (Wildman–Crippen MR) is 69.2 cm³/mol. The molecule has 0 bridgehead atoms. The average Bonchev–Trinajstić information content (AvgIpc) is 2.74. The number of thiophene rings is 1. The number of aryl methyl sites for hydroxylation is 1. The van der Waals surface area contributed by atoms with E-state index in [0.29, 0.717) is 17.0 Å². The number of methoxy groups -OCH3 is 1. The topological polar surface area (TPSA) is 84.5 Å². The van der Waals surface area contributed by atoms with Crippen molar-refractivity contribution in [1.29, 1.82) is 0 Å². The van der Waals surface area contributed by atoms with Crippen molar-refractivity contribution in [3.8, 4) is 5.06 Å². The van der Waals surface area contributed by atoms with Crippen molar-refractivity contribution in [3.05, 3.63) is 16.5 Å². The van der Waals surface area contributed by atoms with Gasteiger partial charge in [-0.15, -0.1) is 11.3 Å². The second-order valence-electron chi connectivity index (χ2n) is 4.26. The van der Waals surface area contributed by atoms with Crippen molar-refractivity contribution >= 4 is 29.1 Å². The Morgan fingerprint density at radius 3 is 2.89 bits per heavy atom. The van der Waals surface area contributed by atoms with E-state index in [4.69, 9.17) is 4.74 Å². The molecule has 2 rings (SSSR count). The highest BCUT2D eigenvalue weighted by Gasteiger charge is 2.29. The van der Waals surface area contributed by atoms with E-state index in [1.54, 1.807) is 6.92 Å². The Bertz CT molecular complexity index is 538. The van der Waals surface area contributed by atoms with E-state index < -0.39 is 11.9 Å². The summed E-state index contributed by atoms with van der Waals surface area (Å²) in [7, 11) is 1.49. The first-order chi connectivity index (χ1) is 9.02. The zero-order valence-electron chi connectivity index (χ0n) is 10.6. The van der Waals surface area contributed by atoms with Gasteiger partial charge in [-0.3, -0.25) is 19.7 Å². The first-order valence-corrected chi connectivity index (χ1v) is 6.67. The van der Waals surface area contributed by atoms with Crippen LogP contribution < -0.4 is 15.4 Å². The molecule has 1 aromatic rings. The number of hydrogen-bond acceptors (Lipinski definition) is 5. The van der Waals surface area contributed by atoms with Crippen LogP contribution in [0.4, 0.5) is 0 Å². The lowest BCUT2D eigenvalue weighted by Crippen LogP contribution is -2.52. The number of piperidine rings is 1. The lowest BCUT2D eigenvalue weighted by molar-refractivity contribution is -0.134. The number of amides is 3. The molecule has 1 unspecified atom stereocenters. The Morgan fingerprint density at radius 2 is 2.26 bits per heavy atom. The number of carbonyl (C=O) groups is 3. The van der Waals surface area contributed by atoms with Gasteiger partial charge < -0.3 is 10.1 Å². The van der Waals surface area contributed by atoms with Crippen LogP contribution in [0.3, 0.4) is 0 Å². The summed E-state index contributed by atoms with van der Waals surface area (Å²) in [6.45, 7) is 1.80. The number of hydrogen-bond donors (Lipinski definition) is 2. The molecule has 1 atom stereocenters. The monoisotopic (exact) mass is 282 g/mol. The van der Waals surface area contributed by atoms with Crippen LogP contribution in [0.5, 0.6) is 5.06 Å². The van der Waals surface area contributed by atoms with Gasteiger partial charge in [0.15, 0.2) is 5.06 Å². The Labute approximate surface area is 114 Å². The number of carbonyl (C=O) groups excluding carboxylic acids is 3. The maximum atomic E-state index is 12.2. The molecule has 0 aromatic carbocycles. The molecule has 0 aliphatic carbocycles. The van der Waals surface area contributed by atoms with E-state index in [-0.39, 0.29) is 18.2 Å². The highest BCUT2D eigenvalue weighted by atomic mass is 32.1. The van der Waals surface area contributed by atoms with Crippen LogP contribution in [0.1, 0.15) is 28.8 Å². The van der Waals surface area contributed by atoms with Crippen LogP contribution in [-0.4, -0.2) is 30.9 Å².